The molecule has 0 aromatic heterocycles. The third-order valence-corrected chi connectivity index (χ3v) is 5.37. The molecule has 0 amide bonds. The number of halogens is 1. The Morgan fingerprint density at radius 3 is 2.40 bits per heavy atom. The summed E-state index contributed by atoms with van der Waals surface area (Å²) < 4.78 is 27.5. The summed E-state index contributed by atoms with van der Waals surface area (Å²) in [6.45, 7) is 0. The van der Waals surface area contributed by atoms with E-state index < -0.39 is 10.0 Å². The normalized spacial score (nSPS) is 21.6. The zero-order chi connectivity index (χ0) is 14.2. The zero-order valence-corrected chi connectivity index (χ0v) is 12.2. The van der Waals surface area contributed by atoms with E-state index >= 15 is 0 Å². The average Bonchev–Trinajstić information content (AvgIpc) is 2.76. The average molecular weight is 308 g/mol. The Balaban J connectivity index is 1.92. The highest BCUT2D eigenvalue weighted by Crippen LogP contribution is 2.35. The first-order valence-electron chi connectivity index (χ1n) is 6.37. The highest BCUT2D eigenvalue weighted by Gasteiger charge is 2.34. The van der Waals surface area contributed by atoms with E-state index in [0.29, 0.717) is 6.42 Å². The van der Waals surface area contributed by atoms with Crippen LogP contribution in [0.1, 0.15) is 17.2 Å². The van der Waals surface area contributed by atoms with Gasteiger partial charge in [-0.05, 0) is 29.7 Å². The fourth-order valence-electron chi connectivity index (χ4n) is 2.52. The van der Waals surface area contributed by atoms with Gasteiger partial charge >= 0.3 is 0 Å². The maximum absolute atomic E-state index is 12.4. The molecule has 0 spiro atoms. The SMILES string of the molecule is O=S(=O)(NC1c2ccccc2CC1Cl)c1ccccc1. The van der Waals surface area contributed by atoms with E-state index in [2.05, 4.69) is 4.72 Å². The molecule has 2 unspecified atom stereocenters. The van der Waals surface area contributed by atoms with Crippen molar-refractivity contribution in [1.29, 1.82) is 0 Å². The highest BCUT2D eigenvalue weighted by atomic mass is 35.5. The maximum Gasteiger partial charge on any atom is 0.241 e. The third kappa shape index (κ3) is 2.46. The van der Waals surface area contributed by atoms with Crippen molar-refractivity contribution in [3.63, 3.8) is 0 Å². The molecule has 2 aromatic carbocycles. The lowest BCUT2D eigenvalue weighted by Gasteiger charge is -2.17. The molecule has 104 valence electrons. The highest BCUT2D eigenvalue weighted by molar-refractivity contribution is 7.89. The van der Waals surface area contributed by atoms with Crippen LogP contribution in [0.5, 0.6) is 0 Å². The van der Waals surface area contributed by atoms with E-state index in [4.69, 9.17) is 11.6 Å². The Bertz CT molecular complexity index is 716. The van der Waals surface area contributed by atoms with Gasteiger partial charge in [-0.15, -0.1) is 11.6 Å². The van der Waals surface area contributed by atoms with Gasteiger partial charge in [-0.25, -0.2) is 13.1 Å². The first-order chi connectivity index (χ1) is 9.58. The largest absolute Gasteiger partial charge is 0.241 e. The van der Waals surface area contributed by atoms with E-state index in [9.17, 15) is 8.42 Å². The van der Waals surface area contributed by atoms with Crippen LogP contribution in [0.15, 0.2) is 59.5 Å². The van der Waals surface area contributed by atoms with E-state index in [0.717, 1.165) is 11.1 Å². The Hall–Kier alpha value is -1.36. The minimum Gasteiger partial charge on any atom is -0.207 e. The van der Waals surface area contributed by atoms with Crippen molar-refractivity contribution in [2.75, 3.05) is 0 Å². The van der Waals surface area contributed by atoms with Gasteiger partial charge in [0, 0.05) is 0 Å². The van der Waals surface area contributed by atoms with Gasteiger partial charge < -0.3 is 0 Å². The van der Waals surface area contributed by atoms with Crippen molar-refractivity contribution < 1.29 is 8.42 Å². The molecule has 0 aliphatic heterocycles. The Kier molecular flexibility index (Phi) is 3.54. The Labute approximate surface area is 123 Å². The second-order valence-electron chi connectivity index (χ2n) is 4.83. The summed E-state index contributed by atoms with van der Waals surface area (Å²) in [5.41, 5.74) is 2.07. The monoisotopic (exact) mass is 307 g/mol. The molecule has 0 fully saturated rings. The van der Waals surface area contributed by atoms with Gasteiger partial charge in [0.15, 0.2) is 0 Å². The van der Waals surface area contributed by atoms with Crippen LogP contribution >= 0.6 is 11.6 Å². The van der Waals surface area contributed by atoms with E-state index in [1.54, 1.807) is 30.3 Å². The van der Waals surface area contributed by atoms with Crippen LogP contribution in [0.4, 0.5) is 0 Å². The molecular weight excluding hydrogens is 294 g/mol. The first kappa shape index (κ1) is 13.6. The summed E-state index contributed by atoms with van der Waals surface area (Å²) in [6, 6.07) is 15.7. The van der Waals surface area contributed by atoms with Crippen molar-refractivity contribution in [3.8, 4) is 0 Å². The Morgan fingerprint density at radius 1 is 1.00 bits per heavy atom. The number of fused-ring (bicyclic) bond motifs is 1. The quantitative estimate of drug-likeness (QED) is 0.886. The minimum absolute atomic E-state index is 0.258. The van der Waals surface area contributed by atoms with Crippen molar-refractivity contribution >= 4 is 21.6 Å². The topological polar surface area (TPSA) is 46.2 Å². The standard InChI is InChI=1S/C15H14ClNO2S/c16-14-10-11-6-4-5-9-13(11)15(14)17-20(18,19)12-7-2-1-3-8-12/h1-9,14-15,17H,10H2. The van der Waals surface area contributed by atoms with Gasteiger partial charge in [-0.2, -0.15) is 0 Å². The molecule has 1 N–H and O–H groups in total. The maximum atomic E-state index is 12.4. The van der Waals surface area contributed by atoms with Gasteiger partial charge in [-0.1, -0.05) is 42.5 Å². The van der Waals surface area contributed by atoms with Gasteiger partial charge in [0.1, 0.15) is 0 Å². The summed E-state index contributed by atoms with van der Waals surface area (Å²) in [4.78, 5) is 0.258. The fourth-order valence-corrected chi connectivity index (χ4v) is 4.24. The number of nitrogens with one attached hydrogen (secondary N) is 1. The lowest BCUT2D eigenvalue weighted by atomic mass is 10.1. The molecule has 20 heavy (non-hydrogen) atoms. The molecule has 2 atom stereocenters. The lowest BCUT2D eigenvalue weighted by Crippen LogP contribution is -2.31. The number of alkyl halides is 1. The van der Waals surface area contributed by atoms with Gasteiger partial charge in [-0.3, -0.25) is 0 Å². The third-order valence-electron chi connectivity index (χ3n) is 3.50. The van der Waals surface area contributed by atoms with Crippen molar-refractivity contribution in [1.82, 2.24) is 4.72 Å². The van der Waals surface area contributed by atoms with Crippen molar-refractivity contribution in [2.45, 2.75) is 22.7 Å². The van der Waals surface area contributed by atoms with Crippen molar-refractivity contribution in [2.24, 2.45) is 0 Å². The van der Waals surface area contributed by atoms with E-state index in [-0.39, 0.29) is 16.3 Å². The summed E-state index contributed by atoms with van der Waals surface area (Å²) in [5, 5.41) is -0.258. The van der Waals surface area contributed by atoms with Crippen LogP contribution in [0.2, 0.25) is 0 Å². The second-order valence-corrected chi connectivity index (χ2v) is 7.11. The van der Waals surface area contributed by atoms with Gasteiger partial charge in [0.25, 0.3) is 0 Å². The summed E-state index contributed by atoms with van der Waals surface area (Å²) in [7, 11) is -3.55. The van der Waals surface area contributed by atoms with Crippen LogP contribution < -0.4 is 4.72 Å². The zero-order valence-electron chi connectivity index (χ0n) is 10.7. The number of rotatable bonds is 3. The summed E-state index contributed by atoms with van der Waals surface area (Å²) >= 11 is 6.31. The van der Waals surface area contributed by atoms with E-state index in [1.165, 1.54) is 0 Å². The number of benzene rings is 2. The number of hydrogen-bond donors (Lipinski definition) is 1. The molecular formula is C15H14ClNO2S. The first-order valence-corrected chi connectivity index (χ1v) is 8.29. The van der Waals surface area contributed by atoms with Crippen LogP contribution in [-0.4, -0.2) is 13.8 Å². The Morgan fingerprint density at radius 2 is 1.65 bits per heavy atom. The molecule has 5 heteroatoms. The van der Waals surface area contributed by atoms with Gasteiger partial charge in [0.2, 0.25) is 10.0 Å². The predicted molar refractivity (Wildman–Crippen MR) is 79.3 cm³/mol. The molecule has 0 saturated heterocycles. The van der Waals surface area contributed by atoms with Crippen LogP contribution in [0.3, 0.4) is 0 Å². The minimum atomic E-state index is -3.55. The summed E-state index contributed by atoms with van der Waals surface area (Å²) in [5.74, 6) is 0. The van der Waals surface area contributed by atoms with Crippen molar-refractivity contribution in [3.05, 3.63) is 65.7 Å². The molecule has 1 aliphatic carbocycles. The smallest absolute Gasteiger partial charge is 0.207 e. The summed E-state index contributed by atoms with van der Waals surface area (Å²) in [6.07, 6.45) is 0.680. The predicted octanol–water partition coefficient (Wildman–Crippen LogP) is 2.87. The fraction of sp³-hybridized carbons (Fsp3) is 0.200. The lowest BCUT2D eigenvalue weighted by molar-refractivity contribution is 0.556. The van der Waals surface area contributed by atoms with Crippen LogP contribution in [-0.2, 0) is 16.4 Å². The molecule has 2 aromatic rings. The van der Waals surface area contributed by atoms with E-state index in [1.807, 2.05) is 24.3 Å². The number of sulfonamides is 1. The molecule has 0 heterocycles. The van der Waals surface area contributed by atoms with Crippen LogP contribution in [0, 0.1) is 0 Å². The molecule has 0 radical (unpaired) electrons. The molecule has 1 aliphatic rings. The molecule has 0 bridgehead atoms. The molecule has 3 rings (SSSR count). The molecule has 0 saturated carbocycles. The number of hydrogen-bond acceptors (Lipinski definition) is 2. The second kappa shape index (κ2) is 5.20. The van der Waals surface area contributed by atoms with Gasteiger partial charge in [0.05, 0.1) is 16.3 Å². The molecule has 3 nitrogen and oxygen atoms in total. The van der Waals surface area contributed by atoms with Crippen LogP contribution in [0.25, 0.3) is 0 Å².